The molecule has 19 heteroatoms. The van der Waals surface area contributed by atoms with E-state index >= 15 is 0 Å². The maximum atomic E-state index is 13.3. The van der Waals surface area contributed by atoms with Crippen LogP contribution in [0.15, 0.2) is 68.3 Å². The van der Waals surface area contributed by atoms with Gasteiger partial charge >= 0.3 is 0 Å². The van der Waals surface area contributed by atoms with Crippen molar-refractivity contribution < 1.29 is 44.3 Å². The summed E-state index contributed by atoms with van der Waals surface area (Å²) in [5, 5.41) is 47.7. The zero-order valence-corrected chi connectivity index (χ0v) is 25.5. The topological polar surface area (TPSA) is 237 Å². The number of nitrogens with two attached hydrogens (primary N) is 1. The number of carbonyl (C=O) groups is 3. The van der Waals surface area contributed by atoms with E-state index < -0.39 is 47.0 Å². The molecule has 3 aromatic heterocycles. The molecule has 0 bridgehead atoms. The number of carboxylic acid groups (broad SMARTS) is 1. The van der Waals surface area contributed by atoms with Crippen LogP contribution in [-0.2, 0) is 32.4 Å². The van der Waals surface area contributed by atoms with E-state index in [0.29, 0.717) is 16.8 Å². The molecular weight excluding hydrogens is 651 g/mol. The zero-order chi connectivity index (χ0) is 32.2. The van der Waals surface area contributed by atoms with Crippen LogP contribution in [0.25, 0.3) is 0 Å². The Morgan fingerprint density at radius 2 is 2.07 bits per heavy atom. The number of thioether (sulfide) groups is 2. The van der Waals surface area contributed by atoms with Crippen LogP contribution in [0.4, 0.5) is 5.13 Å². The average molecular weight is 676 g/mol. The lowest BCUT2D eigenvalue weighted by atomic mass is 10.0. The van der Waals surface area contributed by atoms with Gasteiger partial charge in [0.05, 0.1) is 17.9 Å². The second-order valence-electron chi connectivity index (χ2n) is 9.53. The molecule has 0 radical (unpaired) electrons. The minimum absolute atomic E-state index is 0.0000334. The number of fused-ring (bicyclic) bond motifs is 1. The summed E-state index contributed by atoms with van der Waals surface area (Å²) in [5.41, 5.74) is 4.78. The summed E-state index contributed by atoms with van der Waals surface area (Å²) in [6, 6.07) is 3.50. The lowest BCUT2D eigenvalue weighted by Gasteiger charge is -2.50. The van der Waals surface area contributed by atoms with Crippen molar-refractivity contribution in [1.82, 2.24) is 19.9 Å². The van der Waals surface area contributed by atoms with Crippen LogP contribution in [-0.4, -0.2) is 83.1 Å². The fourth-order valence-electron chi connectivity index (χ4n) is 4.39. The Hall–Kier alpha value is -4.59. The molecular formula is C26H25N7O9S3. The highest BCUT2D eigenvalue weighted by molar-refractivity contribution is 8.01. The van der Waals surface area contributed by atoms with E-state index in [2.05, 4.69) is 15.5 Å². The summed E-state index contributed by atoms with van der Waals surface area (Å²) in [5.74, 6) is -3.15. The van der Waals surface area contributed by atoms with Crippen LogP contribution in [0, 0.1) is 0 Å². The predicted molar refractivity (Wildman–Crippen MR) is 159 cm³/mol. The Morgan fingerprint density at radius 3 is 2.73 bits per heavy atom. The number of carboxylic acids is 1. The van der Waals surface area contributed by atoms with Crippen molar-refractivity contribution in [2.24, 2.45) is 5.16 Å². The SMILES string of the molecule is Nc1nc(/C(=N/OCc2cc(=O)c(O)cn2O)C(=O)N[C@@H]2C(=O)N3C(C(=O)[O-])=C(CSc4cc[n+](CCO)cc4)CS[C@H]23)cs1. The molecule has 1 saturated heterocycles. The molecule has 0 aliphatic carbocycles. The Labute approximate surface area is 266 Å². The molecule has 6 N–H and O–H groups in total. The van der Waals surface area contributed by atoms with Crippen molar-refractivity contribution in [2.45, 2.75) is 29.5 Å². The third kappa shape index (κ3) is 6.90. The fourth-order valence-corrected chi connectivity index (χ4v) is 7.31. The number of oxime groups is 1. The molecule has 2 atom stereocenters. The maximum Gasteiger partial charge on any atom is 0.276 e. The molecule has 236 valence electrons. The van der Waals surface area contributed by atoms with Gasteiger partial charge in [-0.25, -0.2) is 9.55 Å². The second-order valence-corrected chi connectivity index (χ2v) is 12.6. The Kier molecular flexibility index (Phi) is 9.61. The minimum Gasteiger partial charge on any atom is -0.543 e. The number of β-lactam (4-membered cyclic amide) rings is 1. The maximum absolute atomic E-state index is 13.3. The highest BCUT2D eigenvalue weighted by Crippen LogP contribution is 2.41. The van der Waals surface area contributed by atoms with Crippen LogP contribution in [0.1, 0.15) is 11.4 Å². The number of pyridine rings is 2. The minimum atomic E-state index is -1.51. The van der Waals surface area contributed by atoms with Crippen LogP contribution in [0.2, 0.25) is 0 Å². The van der Waals surface area contributed by atoms with E-state index in [4.69, 9.17) is 15.7 Å². The fraction of sp³-hybridized carbons (Fsp3) is 0.269. The number of hydrogen-bond donors (Lipinski definition) is 5. The molecule has 0 aromatic carbocycles. The van der Waals surface area contributed by atoms with E-state index in [9.17, 15) is 34.6 Å². The number of nitrogens with one attached hydrogen (secondary N) is 1. The lowest BCUT2D eigenvalue weighted by molar-refractivity contribution is -0.698. The first-order valence-corrected chi connectivity index (χ1v) is 16.0. The smallest absolute Gasteiger partial charge is 0.276 e. The number of aliphatic hydroxyl groups is 1. The summed E-state index contributed by atoms with van der Waals surface area (Å²) in [6.07, 6.45) is 4.36. The average Bonchev–Trinajstić information content (AvgIpc) is 3.45. The lowest BCUT2D eigenvalue weighted by Crippen LogP contribution is -2.71. The number of anilines is 1. The van der Waals surface area contributed by atoms with Gasteiger partial charge in [0, 0.05) is 40.0 Å². The summed E-state index contributed by atoms with van der Waals surface area (Å²) in [4.78, 5) is 61.5. The number of hydrogen-bond acceptors (Lipinski definition) is 15. The van der Waals surface area contributed by atoms with Gasteiger partial charge in [0.15, 0.2) is 42.1 Å². The third-order valence-electron chi connectivity index (χ3n) is 6.60. The standard InChI is InChI=1S/C26H25N7O9S3/c27-26-28-16(12-45-26)19(30-42-9-14-7-17(35)18(36)8-32(14)41)22(37)29-20-23(38)33-21(25(39)40)13(11-44-24(20)33)10-43-15-1-3-31(4-2-15)5-6-34/h1-4,7-8,12,20,24,34,41H,5-6,9-11H2,(H4-,27,28,29,36,37,39,40)/b30-19-/t20-,24-/m1/s1. The van der Waals surface area contributed by atoms with Crippen molar-refractivity contribution in [3.8, 4) is 5.75 Å². The number of carbonyl (C=O) groups excluding carboxylic acids is 3. The number of nitrogen functional groups attached to an aromatic ring is 1. The Morgan fingerprint density at radius 1 is 1.31 bits per heavy atom. The van der Waals surface area contributed by atoms with E-state index in [1.807, 2.05) is 12.1 Å². The number of aromatic nitrogens is 3. The quantitative estimate of drug-likeness (QED) is 0.0357. The van der Waals surface area contributed by atoms with Crippen LogP contribution < -0.4 is 26.2 Å². The first-order chi connectivity index (χ1) is 21.6. The van der Waals surface area contributed by atoms with Gasteiger partial charge in [0.2, 0.25) is 5.43 Å². The van der Waals surface area contributed by atoms with E-state index in [1.54, 1.807) is 17.0 Å². The van der Waals surface area contributed by atoms with Gasteiger partial charge in [0.1, 0.15) is 29.4 Å². The molecule has 2 aliphatic rings. The first-order valence-electron chi connectivity index (χ1n) is 13.0. The van der Waals surface area contributed by atoms with Crippen molar-refractivity contribution in [3.63, 3.8) is 0 Å². The molecule has 5 heterocycles. The summed E-state index contributed by atoms with van der Waals surface area (Å²) >= 11 is 3.69. The molecule has 1 fully saturated rings. The van der Waals surface area contributed by atoms with E-state index in [-0.39, 0.29) is 46.0 Å². The summed E-state index contributed by atoms with van der Waals surface area (Å²) in [7, 11) is 0. The van der Waals surface area contributed by atoms with Crippen LogP contribution in [0.5, 0.6) is 5.75 Å². The van der Waals surface area contributed by atoms with Gasteiger partial charge in [-0.05, 0) is 5.57 Å². The predicted octanol–water partition coefficient (Wildman–Crippen LogP) is -1.77. The van der Waals surface area contributed by atoms with E-state index in [0.717, 1.165) is 33.4 Å². The molecule has 0 saturated carbocycles. The first kappa shape index (κ1) is 31.8. The monoisotopic (exact) mass is 675 g/mol. The zero-order valence-electron chi connectivity index (χ0n) is 23.1. The molecule has 2 amide bonds. The van der Waals surface area contributed by atoms with Crippen molar-refractivity contribution in [2.75, 3.05) is 23.8 Å². The molecule has 3 aromatic rings. The molecule has 5 rings (SSSR count). The van der Waals surface area contributed by atoms with Crippen molar-refractivity contribution in [3.05, 3.63) is 75.1 Å². The Balaban J connectivity index is 1.29. The van der Waals surface area contributed by atoms with Crippen LogP contribution >= 0.6 is 34.9 Å². The normalized spacial score (nSPS) is 17.9. The van der Waals surface area contributed by atoms with Crippen LogP contribution in [0.3, 0.4) is 0 Å². The molecule has 45 heavy (non-hydrogen) atoms. The highest BCUT2D eigenvalue weighted by atomic mass is 32.2. The van der Waals surface area contributed by atoms with Gasteiger partial charge in [-0.2, -0.15) is 4.73 Å². The summed E-state index contributed by atoms with van der Waals surface area (Å²) in [6.45, 7) is -0.0358. The van der Waals surface area contributed by atoms with Crippen molar-refractivity contribution >= 4 is 63.5 Å². The number of aromatic hydroxyl groups is 1. The number of rotatable bonds is 12. The van der Waals surface area contributed by atoms with Gasteiger partial charge < -0.3 is 41.2 Å². The summed E-state index contributed by atoms with van der Waals surface area (Å²) < 4.78 is 2.26. The number of aliphatic carboxylic acids is 1. The highest BCUT2D eigenvalue weighted by Gasteiger charge is 2.53. The number of amides is 2. The van der Waals surface area contributed by atoms with Gasteiger partial charge in [0.25, 0.3) is 11.8 Å². The van der Waals surface area contributed by atoms with E-state index in [1.165, 1.54) is 28.9 Å². The Bertz CT molecular complexity index is 1760. The second kappa shape index (κ2) is 13.6. The number of aliphatic hydroxyl groups excluding tert-OH is 1. The third-order valence-corrected chi connectivity index (χ3v) is 9.71. The van der Waals surface area contributed by atoms with Gasteiger partial charge in [-0.1, -0.05) is 5.16 Å². The van der Waals surface area contributed by atoms with Crippen molar-refractivity contribution in [1.29, 1.82) is 0 Å². The molecule has 16 nitrogen and oxygen atoms in total. The number of nitrogens with zero attached hydrogens (tertiary/aromatic N) is 5. The molecule has 0 unspecified atom stereocenters. The largest absolute Gasteiger partial charge is 0.543 e. The number of thiazole rings is 1. The van der Waals surface area contributed by atoms with Gasteiger partial charge in [-0.15, -0.1) is 34.9 Å². The van der Waals surface area contributed by atoms with Gasteiger partial charge in [-0.3, -0.25) is 19.3 Å². The molecule has 0 spiro atoms. The molecule has 2 aliphatic heterocycles.